The molecule has 1 aromatic carbocycles. The number of amidine groups is 1. The van der Waals surface area contributed by atoms with E-state index in [0.717, 1.165) is 30.5 Å². The maximum Gasteiger partial charge on any atom is 0.173 e. The third-order valence-electron chi connectivity index (χ3n) is 3.66. The molecule has 1 aliphatic carbocycles. The van der Waals surface area contributed by atoms with Gasteiger partial charge in [0.15, 0.2) is 5.84 Å². The predicted octanol–water partition coefficient (Wildman–Crippen LogP) is 1.54. The van der Waals surface area contributed by atoms with Gasteiger partial charge in [-0.15, -0.1) is 0 Å². The van der Waals surface area contributed by atoms with Crippen LogP contribution in [0, 0.1) is 11.8 Å². The first-order valence-corrected chi connectivity index (χ1v) is 6.51. The van der Waals surface area contributed by atoms with Crippen molar-refractivity contribution in [1.82, 2.24) is 5.32 Å². The van der Waals surface area contributed by atoms with Crippen molar-refractivity contribution < 1.29 is 9.94 Å². The number of nitrogens with one attached hydrogen (secondary N) is 1. The summed E-state index contributed by atoms with van der Waals surface area (Å²) in [5.74, 6) is 2.38. The summed E-state index contributed by atoms with van der Waals surface area (Å²) in [7, 11) is 1.58. The molecule has 1 aromatic rings. The highest BCUT2D eigenvalue weighted by atomic mass is 16.5. The summed E-state index contributed by atoms with van der Waals surface area (Å²) in [4.78, 5) is 0. The lowest BCUT2D eigenvalue weighted by atomic mass is 10.1. The Morgan fingerprint density at radius 3 is 2.89 bits per heavy atom. The molecule has 0 aliphatic heterocycles. The molecule has 0 amide bonds. The first-order valence-electron chi connectivity index (χ1n) is 6.51. The standard InChI is InChI=1S/C14H21N3O2/c1-9-5-11(9)8-16-7-10-3-4-12(14(15)17-18)13(6-10)19-2/h3-4,6,9,11,16,18H,5,7-8H2,1-2H3,(H2,15,17). The SMILES string of the molecule is COc1cc(CNCC2CC2C)ccc1/C(N)=N/O. The Morgan fingerprint density at radius 1 is 1.58 bits per heavy atom. The van der Waals surface area contributed by atoms with E-state index in [1.165, 1.54) is 6.42 Å². The maximum absolute atomic E-state index is 8.71. The molecule has 2 rings (SSSR count). The molecule has 104 valence electrons. The molecule has 5 nitrogen and oxygen atoms in total. The quantitative estimate of drug-likeness (QED) is 0.315. The number of oxime groups is 1. The first kappa shape index (κ1) is 13.7. The van der Waals surface area contributed by atoms with Gasteiger partial charge in [0.05, 0.1) is 12.7 Å². The van der Waals surface area contributed by atoms with Crippen LogP contribution in [0.15, 0.2) is 23.4 Å². The van der Waals surface area contributed by atoms with Crippen LogP contribution in [0.5, 0.6) is 5.75 Å². The van der Waals surface area contributed by atoms with Gasteiger partial charge in [-0.1, -0.05) is 18.1 Å². The van der Waals surface area contributed by atoms with E-state index in [9.17, 15) is 0 Å². The van der Waals surface area contributed by atoms with Gasteiger partial charge in [0.1, 0.15) is 5.75 Å². The van der Waals surface area contributed by atoms with Gasteiger partial charge in [0, 0.05) is 6.54 Å². The van der Waals surface area contributed by atoms with Crippen LogP contribution < -0.4 is 15.8 Å². The lowest BCUT2D eigenvalue weighted by molar-refractivity contribution is 0.318. The Bertz CT molecular complexity index is 474. The Morgan fingerprint density at radius 2 is 2.32 bits per heavy atom. The lowest BCUT2D eigenvalue weighted by Crippen LogP contribution is -2.18. The number of ether oxygens (including phenoxy) is 1. The van der Waals surface area contributed by atoms with Crippen molar-refractivity contribution in [1.29, 1.82) is 0 Å². The number of hydrogen-bond acceptors (Lipinski definition) is 4. The molecule has 4 N–H and O–H groups in total. The largest absolute Gasteiger partial charge is 0.496 e. The Labute approximate surface area is 113 Å². The molecular weight excluding hydrogens is 242 g/mol. The molecule has 5 heteroatoms. The van der Waals surface area contributed by atoms with E-state index in [1.54, 1.807) is 7.11 Å². The van der Waals surface area contributed by atoms with Gasteiger partial charge >= 0.3 is 0 Å². The zero-order valence-corrected chi connectivity index (χ0v) is 11.4. The van der Waals surface area contributed by atoms with Crippen molar-refractivity contribution in [2.75, 3.05) is 13.7 Å². The summed E-state index contributed by atoms with van der Waals surface area (Å²) in [6.07, 6.45) is 1.33. The van der Waals surface area contributed by atoms with Crippen LogP contribution in [0.3, 0.4) is 0 Å². The Balaban J connectivity index is 1.98. The van der Waals surface area contributed by atoms with E-state index in [2.05, 4.69) is 17.4 Å². The summed E-state index contributed by atoms with van der Waals surface area (Å²) >= 11 is 0. The van der Waals surface area contributed by atoms with E-state index < -0.39 is 0 Å². The molecule has 2 atom stereocenters. The average Bonchev–Trinajstić information content (AvgIpc) is 3.13. The second-order valence-corrected chi connectivity index (χ2v) is 5.12. The van der Waals surface area contributed by atoms with Gasteiger partial charge in [-0.3, -0.25) is 0 Å². The van der Waals surface area contributed by atoms with Crippen molar-refractivity contribution in [3.8, 4) is 5.75 Å². The smallest absolute Gasteiger partial charge is 0.173 e. The number of benzene rings is 1. The van der Waals surface area contributed by atoms with E-state index in [1.807, 2.05) is 18.2 Å². The van der Waals surface area contributed by atoms with Crippen molar-refractivity contribution in [2.45, 2.75) is 19.9 Å². The molecule has 0 saturated heterocycles. The van der Waals surface area contributed by atoms with Crippen LogP contribution in [0.25, 0.3) is 0 Å². The first-order chi connectivity index (χ1) is 9.15. The van der Waals surface area contributed by atoms with Crippen molar-refractivity contribution in [3.05, 3.63) is 29.3 Å². The third-order valence-corrected chi connectivity index (χ3v) is 3.66. The zero-order chi connectivity index (χ0) is 13.8. The minimum absolute atomic E-state index is 0.0585. The molecule has 0 bridgehead atoms. The van der Waals surface area contributed by atoms with Crippen LogP contribution in [-0.2, 0) is 6.54 Å². The van der Waals surface area contributed by atoms with Crippen LogP contribution in [0.1, 0.15) is 24.5 Å². The molecule has 1 saturated carbocycles. The minimum Gasteiger partial charge on any atom is -0.496 e. The lowest BCUT2D eigenvalue weighted by Gasteiger charge is -2.10. The number of nitrogens with zero attached hydrogens (tertiary/aromatic N) is 1. The number of methoxy groups -OCH3 is 1. The summed E-state index contributed by atoms with van der Waals surface area (Å²) in [5, 5.41) is 15.1. The fourth-order valence-corrected chi connectivity index (χ4v) is 2.20. The molecule has 1 aliphatic rings. The van der Waals surface area contributed by atoms with Gasteiger partial charge in [-0.25, -0.2) is 0 Å². The summed E-state index contributed by atoms with van der Waals surface area (Å²) < 4.78 is 5.27. The summed E-state index contributed by atoms with van der Waals surface area (Å²) in [6, 6.07) is 5.68. The van der Waals surface area contributed by atoms with E-state index in [-0.39, 0.29) is 5.84 Å². The van der Waals surface area contributed by atoms with E-state index >= 15 is 0 Å². The Hall–Kier alpha value is -1.75. The second-order valence-electron chi connectivity index (χ2n) is 5.12. The highest BCUT2D eigenvalue weighted by Crippen LogP contribution is 2.36. The zero-order valence-electron chi connectivity index (χ0n) is 11.4. The molecule has 0 spiro atoms. The van der Waals surface area contributed by atoms with Crippen LogP contribution in [-0.4, -0.2) is 24.7 Å². The molecule has 2 unspecified atom stereocenters. The normalized spacial score (nSPS) is 22.3. The van der Waals surface area contributed by atoms with Gasteiger partial charge in [-0.05, 0) is 42.5 Å². The monoisotopic (exact) mass is 263 g/mol. The third kappa shape index (κ3) is 3.38. The fraction of sp³-hybridized carbons (Fsp3) is 0.500. The minimum atomic E-state index is 0.0585. The van der Waals surface area contributed by atoms with Crippen LogP contribution in [0.4, 0.5) is 0 Å². The van der Waals surface area contributed by atoms with Crippen molar-refractivity contribution in [3.63, 3.8) is 0 Å². The topological polar surface area (TPSA) is 79.9 Å². The van der Waals surface area contributed by atoms with Crippen molar-refractivity contribution in [2.24, 2.45) is 22.7 Å². The Kier molecular flexibility index (Phi) is 4.27. The predicted molar refractivity (Wildman–Crippen MR) is 74.5 cm³/mol. The van der Waals surface area contributed by atoms with Gasteiger partial charge in [0.2, 0.25) is 0 Å². The molecule has 0 radical (unpaired) electrons. The maximum atomic E-state index is 8.71. The summed E-state index contributed by atoms with van der Waals surface area (Å²) in [6.45, 7) is 4.14. The second kappa shape index (κ2) is 5.93. The highest BCUT2D eigenvalue weighted by molar-refractivity contribution is 5.99. The molecular formula is C14H21N3O2. The van der Waals surface area contributed by atoms with Gasteiger partial charge < -0.3 is 21.0 Å². The number of rotatable bonds is 6. The molecule has 1 fully saturated rings. The highest BCUT2D eigenvalue weighted by Gasteiger charge is 2.31. The fourth-order valence-electron chi connectivity index (χ4n) is 2.20. The molecule has 19 heavy (non-hydrogen) atoms. The average molecular weight is 263 g/mol. The molecule has 0 aromatic heterocycles. The summed E-state index contributed by atoms with van der Waals surface area (Å²) in [5.41, 5.74) is 7.31. The van der Waals surface area contributed by atoms with Gasteiger partial charge in [0.25, 0.3) is 0 Å². The molecule has 0 heterocycles. The number of hydrogen-bond donors (Lipinski definition) is 3. The van der Waals surface area contributed by atoms with Crippen LogP contribution in [0.2, 0.25) is 0 Å². The van der Waals surface area contributed by atoms with Crippen molar-refractivity contribution >= 4 is 5.84 Å². The number of nitrogens with two attached hydrogens (primary N) is 1. The van der Waals surface area contributed by atoms with E-state index in [0.29, 0.717) is 11.3 Å². The van der Waals surface area contributed by atoms with E-state index in [4.69, 9.17) is 15.7 Å². The van der Waals surface area contributed by atoms with Gasteiger partial charge in [-0.2, -0.15) is 0 Å². The van der Waals surface area contributed by atoms with Crippen LogP contribution >= 0.6 is 0 Å².